The topological polar surface area (TPSA) is 98.7 Å². The molecule has 2 rings (SSSR count). The van der Waals surface area contributed by atoms with Crippen LogP contribution in [0.25, 0.3) is 0 Å². The van der Waals surface area contributed by atoms with Gasteiger partial charge in [-0.2, -0.15) is 0 Å². The van der Waals surface area contributed by atoms with Crippen molar-refractivity contribution in [2.75, 3.05) is 31.5 Å². The molecule has 2 amide bonds. The number of pyridine rings is 1. The standard InChI is InChI=1S/C17H26N6O2.HI/c1-3-16(25)23-9-7-14(12-23)22-17(19-4-2)20-11-15(24)21-13-6-5-8-18-10-13;/h5-6,8,10,14H,3-4,7,9,11-12H2,1-2H3,(H,21,24)(H2,19,20,22);1H. The summed E-state index contributed by atoms with van der Waals surface area (Å²) < 4.78 is 0. The first-order valence-corrected chi connectivity index (χ1v) is 8.64. The number of carbonyl (C=O) groups excluding carboxylic acids is 2. The molecule has 1 aromatic heterocycles. The first kappa shape index (κ1) is 22.1. The molecule has 1 fully saturated rings. The predicted molar refractivity (Wildman–Crippen MR) is 113 cm³/mol. The van der Waals surface area contributed by atoms with E-state index in [0.29, 0.717) is 31.2 Å². The number of nitrogens with zero attached hydrogens (tertiary/aromatic N) is 3. The number of aliphatic imine (C=N–C) groups is 1. The van der Waals surface area contributed by atoms with Gasteiger partial charge in [-0.3, -0.25) is 14.6 Å². The maximum Gasteiger partial charge on any atom is 0.246 e. The van der Waals surface area contributed by atoms with E-state index in [9.17, 15) is 9.59 Å². The van der Waals surface area contributed by atoms with Crippen LogP contribution in [0.5, 0.6) is 0 Å². The van der Waals surface area contributed by atoms with Crippen molar-refractivity contribution in [2.45, 2.75) is 32.7 Å². The monoisotopic (exact) mass is 474 g/mol. The van der Waals surface area contributed by atoms with E-state index in [0.717, 1.165) is 13.0 Å². The minimum absolute atomic E-state index is 0. The van der Waals surface area contributed by atoms with Gasteiger partial charge in [0.2, 0.25) is 11.8 Å². The zero-order chi connectivity index (χ0) is 18.1. The molecule has 1 atom stereocenters. The van der Waals surface area contributed by atoms with Crippen molar-refractivity contribution in [3.05, 3.63) is 24.5 Å². The smallest absolute Gasteiger partial charge is 0.246 e. The van der Waals surface area contributed by atoms with Crippen molar-refractivity contribution in [1.82, 2.24) is 20.5 Å². The largest absolute Gasteiger partial charge is 0.357 e. The average molecular weight is 474 g/mol. The summed E-state index contributed by atoms with van der Waals surface area (Å²) in [6.45, 7) is 5.96. The van der Waals surface area contributed by atoms with Gasteiger partial charge < -0.3 is 20.9 Å². The molecule has 1 aromatic rings. The molecular weight excluding hydrogens is 447 g/mol. The van der Waals surface area contributed by atoms with E-state index in [4.69, 9.17) is 0 Å². The van der Waals surface area contributed by atoms with Gasteiger partial charge >= 0.3 is 0 Å². The van der Waals surface area contributed by atoms with Crippen molar-refractivity contribution < 1.29 is 9.59 Å². The van der Waals surface area contributed by atoms with Crippen LogP contribution in [0.3, 0.4) is 0 Å². The van der Waals surface area contributed by atoms with Gasteiger partial charge in [0.05, 0.1) is 11.9 Å². The van der Waals surface area contributed by atoms with Crippen molar-refractivity contribution in [3.63, 3.8) is 0 Å². The lowest BCUT2D eigenvalue weighted by molar-refractivity contribution is -0.129. The maximum atomic E-state index is 12.0. The number of hydrogen-bond acceptors (Lipinski definition) is 4. The quantitative estimate of drug-likeness (QED) is 0.327. The fourth-order valence-electron chi connectivity index (χ4n) is 2.63. The van der Waals surface area contributed by atoms with E-state index in [2.05, 4.69) is 25.9 Å². The molecule has 0 bridgehead atoms. The zero-order valence-electron chi connectivity index (χ0n) is 15.2. The Hall–Kier alpha value is -1.91. The fourth-order valence-corrected chi connectivity index (χ4v) is 2.63. The lowest BCUT2D eigenvalue weighted by Crippen LogP contribution is -2.45. The Morgan fingerprint density at radius 1 is 1.38 bits per heavy atom. The number of halogens is 1. The number of carbonyl (C=O) groups is 2. The molecule has 1 saturated heterocycles. The third-order valence-electron chi connectivity index (χ3n) is 3.85. The van der Waals surface area contributed by atoms with Gasteiger partial charge in [-0.15, -0.1) is 24.0 Å². The number of hydrogen-bond donors (Lipinski definition) is 3. The molecule has 0 saturated carbocycles. The van der Waals surface area contributed by atoms with Gasteiger partial charge in [-0.1, -0.05) is 6.92 Å². The van der Waals surface area contributed by atoms with Crippen LogP contribution in [0, 0.1) is 0 Å². The first-order valence-electron chi connectivity index (χ1n) is 8.64. The summed E-state index contributed by atoms with van der Waals surface area (Å²) in [5, 5.41) is 9.17. The average Bonchev–Trinajstić information content (AvgIpc) is 3.08. The SMILES string of the molecule is CCNC(=NCC(=O)Nc1cccnc1)NC1CCN(C(=O)CC)C1.I. The van der Waals surface area contributed by atoms with Crippen molar-refractivity contribution in [3.8, 4) is 0 Å². The highest BCUT2D eigenvalue weighted by Crippen LogP contribution is 2.10. The molecule has 144 valence electrons. The Morgan fingerprint density at radius 2 is 2.19 bits per heavy atom. The van der Waals surface area contributed by atoms with Gasteiger partial charge in [0, 0.05) is 38.3 Å². The molecule has 26 heavy (non-hydrogen) atoms. The predicted octanol–water partition coefficient (Wildman–Crippen LogP) is 1.20. The Morgan fingerprint density at radius 3 is 2.85 bits per heavy atom. The molecule has 0 radical (unpaired) electrons. The van der Waals surface area contributed by atoms with E-state index in [1.165, 1.54) is 0 Å². The van der Waals surface area contributed by atoms with Crippen molar-refractivity contribution >= 4 is 47.4 Å². The normalized spacial score (nSPS) is 16.6. The van der Waals surface area contributed by atoms with Gasteiger partial charge in [-0.25, -0.2) is 4.99 Å². The van der Waals surface area contributed by atoms with Crippen molar-refractivity contribution in [2.24, 2.45) is 4.99 Å². The number of amides is 2. The number of nitrogens with one attached hydrogen (secondary N) is 3. The van der Waals surface area contributed by atoms with Crippen LogP contribution in [-0.2, 0) is 9.59 Å². The second kappa shape index (κ2) is 11.7. The third-order valence-corrected chi connectivity index (χ3v) is 3.85. The van der Waals surface area contributed by atoms with E-state index in [1.54, 1.807) is 24.5 Å². The molecule has 2 heterocycles. The van der Waals surface area contributed by atoms with Gasteiger partial charge in [0.15, 0.2) is 5.96 Å². The minimum Gasteiger partial charge on any atom is -0.357 e. The minimum atomic E-state index is -0.209. The molecule has 1 aliphatic rings. The number of anilines is 1. The van der Waals surface area contributed by atoms with Crippen LogP contribution in [0.15, 0.2) is 29.5 Å². The highest BCUT2D eigenvalue weighted by Gasteiger charge is 2.25. The Bertz CT molecular complexity index is 611. The van der Waals surface area contributed by atoms with Crippen LogP contribution >= 0.6 is 24.0 Å². The Labute approximate surface area is 171 Å². The van der Waals surface area contributed by atoms with Gasteiger partial charge in [0.25, 0.3) is 0 Å². The summed E-state index contributed by atoms with van der Waals surface area (Å²) >= 11 is 0. The third kappa shape index (κ3) is 7.14. The summed E-state index contributed by atoms with van der Waals surface area (Å²) in [6.07, 6.45) is 4.63. The molecular formula is C17H27IN6O2. The maximum absolute atomic E-state index is 12.0. The summed E-state index contributed by atoms with van der Waals surface area (Å²) in [7, 11) is 0. The summed E-state index contributed by atoms with van der Waals surface area (Å²) in [5.41, 5.74) is 0.644. The van der Waals surface area contributed by atoms with E-state index >= 15 is 0 Å². The first-order chi connectivity index (χ1) is 12.1. The summed E-state index contributed by atoms with van der Waals surface area (Å²) in [5.74, 6) is 0.543. The second-order valence-electron chi connectivity index (χ2n) is 5.81. The summed E-state index contributed by atoms with van der Waals surface area (Å²) in [6, 6.07) is 3.68. The Kier molecular flexibility index (Phi) is 9.92. The lowest BCUT2D eigenvalue weighted by Gasteiger charge is -2.18. The van der Waals surface area contributed by atoms with E-state index in [-0.39, 0.29) is 48.4 Å². The van der Waals surface area contributed by atoms with E-state index in [1.807, 2.05) is 18.7 Å². The Balaban J connectivity index is 0.00000338. The second-order valence-corrected chi connectivity index (χ2v) is 5.81. The molecule has 0 aromatic carbocycles. The molecule has 9 heteroatoms. The van der Waals surface area contributed by atoms with Crippen LogP contribution in [0.4, 0.5) is 5.69 Å². The summed E-state index contributed by atoms with van der Waals surface area (Å²) in [4.78, 5) is 33.9. The fraction of sp³-hybridized carbons (Fsp3) is 0.529. The van der Waals surface area contributed by atoms with Gasteiger partial charge in [0.1, 0.15) is 6.54 Å². The number of rotatable bonds is 6. The molecule has 0 aliphatic carbocycles. The zero-order valence-corrected chi connectivity index (χ0v) is 17.5. The molecule has 0 spiro atoms. The van der Waals surface area contributed by atoms with Crippen LogP contribution in [0.2, 0.25) is 0 Å². The lowest BCUT2D eigenvalue weighted by atomic mass is 10.3. The highest BCUT2D eigenvalue weighted by atomic mass is 127. The molecule has 1 unspecified atom stereocenters. The van der Waals surface area contributed by atoms with Crippen molar-refractivity contribution in [1.29, 1.82) is 0 Å². The van der Waals surface area contributed by atoms with Gasteiger partial charge in [-0.05, 0) is 25.5 Å². The number of likely N-dealkylation sites (tertiary alicyclic amines) is 1. The number of aromatic nitrogens is 1. The molecule has 8 nitrogen and oxygen atoms in total. The van der Waals surface area contributed by atoms with Crippen LogP contribution < -0.4 is 16.0 Å². The number of guanidine groups is 1. The van der Waals surface area contributed by atoms with Crippen LogP contribution in [-0.4, -0.2) is 59.9 Å². The van der Waals surface area contributed by atoms with Crippen LogP contribution in [0.1, 0.15) is 26.7 Å². The van der Waals surface area contributed by atoms with E-state index < -0.39 is 0 Å². The molecule has 1 aliphatic heterocycles. The molecule has 3 N–H and O–H groups in total. The highest BCUT2D eigenvalue weighted by molar-refractivity contribution is 14.0.